The molecule has 0 saturated carbocycles. The summed E-state index contributed by atoms with van der Waals surface area (Å²) in [6, 6.07) is 15.9. The molecule has 0 aliphatic rings. The predicted molar refractivity (Wildman–Crippen MR) is 137 cm³/mol. The zero-order chi connectivity index (χ0) is 27.9. The van der Waals surface area contributed by atoms with Crippen LogP contribution in [0.15, 0.2) is 66.2 Å². The maximum atomic E-state index is 13.0. The minimum atomic E-state index is -4.64. The molecular formula is C27H21ClF3N3O4. The van der Waals surface area contributed by atoms with E-state index in [9.17, 15) is 28.0 Å². The molecule has 2 N–H and O–H groups in total. The molecule has 38 heavy (non-hydrogen) atoms. The number of methoxy groups -OCH3 is 1. The van der Waals surface area contributed by atoms with Gasteiger partial charge in [0.15, 0.2) is 18.1 Å². The van der Waals surface area contributed by atoms with Crippen LogP contribution in [0.2, 0.25) is 5.02 Å². The van der Waals surface area contributed by atoms with Crippen LogP contribution in [0.4, 0.5) is 24.5 Å². The minimum absolute atomic E-state index is 0.127. The Hall–Kier alpha value is -4.49. The fourth-order valence-corrected chi connectivity index (χ4v) is 3.34. The Balaban J connectivity index is 1.71. The quantitative estimate of drug-likeness (QED) is 0.259. The van der Waals surface area contributed by atoms with Crippen molar-refractivity contribution in [2.45, 2.75) is 13.1 Å². The molecule has 11 heteroatoms. The van der Waals surface area contributed by atoms with E-state index in [4.69, 9.17) is 21.1 Å². The zero-order valence-corrected chi connectivity index (χ0v) is 20.9. The smallest absolute Gasteiger partial charge is 0.416 e. The summed E-state index contributed by atoms with van der Waals surface area (Å²) < 4.78 is 49.8. The van der Waals surface area contributed by atoms with Crippen molar-refractivity contribution >= 4 is 40.9 Å². The standard InChI is InChI=1S/C27H21ClF3N3O4/c1-16-3-7-20(8-4-16)33-25(35)15-38-23-10-5-17(12-24(23)37-2)11-18(14-32)26(36)34-22-13-19(27(29,30)31)6-9-21(22)28/h3-13H,15H2,1-2H3,(H,33,35)(H,34,36)/b18-11-. The zero-order valence-electron chi connectivity index (χ0n) is 20.2. The Bertz CT molecular complexity index is 1410. The number of aryl methyl sites for hydroxylation is 1. The molecule has 0 spiro atoms. The average Bonchev–Trinajstić information content (AvgIpc) is 2.88. The van der Waals surface area contributed by atoms with Crippen LogP contribution in [-0.4, -0.2) is 25.5 Å². The fourth-order valence-electron chi connectivity index (χ4n) is 3.17. The van der Waals surface area contributed by atoms with Gasteiger partial charge in [-0.2, -0.15) is 18.4 Å². The number of alkyl halides is 3. The van der Waals surface area contributed by atoms with E-state index >= 15 is 0 Å². The number of benzene rings is 3. The Kier molecular flexibility index (Phi) is 8.99. The lowest BCUT2D eigenvalue weighted by atomic mass is 10.1. The van der Waals surface area contributed by atoms with Crippen LogP contribution >= 0.6 is 11.6 Å². The van der Waals surface area contributed by atoms with Crippen molar-refractivity contribution in [2.75, 3.05) is 24.4 Å². The number of carbonyl (C=O) groups is 2. The van der Waals surface area contributed by atoms with Crippen LogP contribution in [0, 0.1) is 18.3 Å². The van der Waals surface area contributed by atoms with Crippen molar-refractivity contribution in [1.82, 2.24) is 0 Å². The van der Waals surface area contributed by atoms with Crippen LogP contribution in [0.5, 0.6) is 11.5 Å². The Morgan fingerprint density at radius 1 is 1.03 bits per heavy atom. The van der Waals surface area contributed by atoms with E-state index < -0.39 is 29.1 Å². The SMILES string of the molecule is COc1cc(/C=C(/C#N)C(=O)Nc2cc(C(F)(F)F)ccc2Cl)ccc1OCC(=O)Nc1ccc(C)cc1. The summed E-state index contributed by atoms with van der Waals surface area (Å²) in [4.78, 5) is 24.8. The molecule has 3 aromatic rings. The number of nitrogens with zero attached hydrogens (tertiary/aromatic N) is 1. The van der Waals surface area contributed by atoms with Gasteiger partial charge >= 0.3 is 6.18 Å². The number of carbonyl (C=O) groups excluding carboxylic acids is 2. The molecule has 0 bridgehead atoms. The van der Waals surface area contributed by atoms with Crippen LogP contribution in [0.25, 0.3) is 6.08 Å². The van der Waals surface area contributed by atoms with Gasteiger partial charge in [0.1, 0.15) is 11.6 Å². The first-order valence-electron chi connectivity index (χ1n) is 11.0. The normalized spacial score (nSPS) is 11.3. The van der Waals surface area contributed by atoms with Gasteiger partial charge in [-0.1, -0.05) is 35.4 Å². The summed E-state index contributed by atoms with van der Waals surface area (Å²) in [7, 11) is 1.37. The van der Waals surface area contributed by atoms with Gasteiger partial charge in [0, 0.05) is 5.69 Å². The van der Waals surface area contributed by atoms with E-state index in [1.807, 2.05) is 19.1 Å². The minimum Gasteiger partial charge on any atom is -0.493 e. The van der Waals surface area contributed by atoms with E-state index in [2.05, 4.69) is 10.6 Å². The van der Waals surface area contributed by atoms with Crippen LogP contribution in [0.1, 0.15) is 16.7 Å². The number of ether oxygens (including phenoxy) is 2. The maximum absolute atomic E-state index is 13.0. The van der Waals surface area contributed by atoms with E-state index in [0.717, 1.165) is 17.7 Å². The van der Waals surface area contributed by atoms with Gasteiger partial charge in [-0.25, -0.2) is 0 Å². The van der Waals surface area contributed by atoms with Gasteiger partial charge in [-0.3, -0.25) is 9.59 Å². The molecule has 0 aliphatic carbocycles. The van der Waals surface area contributed by atoms with Gasteiger partial charge in [0.2, 0.25) is 0 Å². The number of nitriles is 1. The highest BCUT2D eigenvalue weighted by Crippen LogP contribution is 2.34. The number of hydrogen-bond acceptors (Lipinski definition) is 5. The van der Waals surface area contributed by atoms with Crippen LogP contribution in [0.3, 0.4) is 0 Å². The molecule has 0 saturated heterocycles. The second-order valence-electron chi connectivity index (χ2n) is 7.93. The summed E-state index contributed by atoms with van der Waals surface area (Å²) in [5.41, 5.74) is 0.331. The lowest BCUT2D eigenvalue weighted by Gasteiger charge is -2.12. The number of nitrogens with one attached hydrogen (secondary N) is 2. The molecule has 0 heterocycles. The Morgan fingerprint density at radius 2 is 1.74 bits per heavy atom. The van der Waals surface area contributed by atoms with Gasteiger partial charge in [-0.15, -0.1) is 0 Å². The maximum Gasteiger partial charge on any atom is 0.416 e. The van der Waals surface area contributed by atoms with Gasteiger partial charge in [0.05, 0.1) is 23.4 Å². The molecule has 3 aromatic carbocycles. The molecular weight excluding hydrogens is 523 g/mol. The molecule has 196 valence electrons. The van der Waals surface area contributed by atoms with Crippen molar-refractivity contribution in [3.63, 3.8) is 0 Å². The first-order valence-corrected chi connectivity index (χ1v) is 11.3. The fraction of sp³-hybridized carbons (Fsp3) is 0.148. The molecule has 0 unspecified atom stereocenters. The van der Waals surface area contributed by atoms with Crippen LogP contribution in [-0.2, 0) is 15.8 Å². The summed E-state index contributed by atoms with van der Waals surface area (Å²) in [5, 5.41) is 14.3. The van der Waals surface area contributed by atoms with E-state index in [0.29, 0.717) is 17.3 Å². The van der Waals surface area contributed by atoms with Crippen molar-refractivity contribution in [3.8, 4) is 17.6 Å². The van der Waals surface area contributed by atoms with Crippen molar-refractivity contribution in [2.24, 2.45) is 0 Å². The summed E-state index contributed by atoms with van der Waals surface area (Å²) >= 11 is 5.92. The first-order chi connectivity index (χ1) is 18.0. The van der Waals surface area contributed by atoms with Crippen LogP contribution < -0.4 is 20.1 Å². The highest BCUT2D eigenvalue weighted by atomic mass is 35.5. The van der Waals surface area contributed by atoms with E-state index in [-0.39, 0.29) is 28.8 Å². The molecule has 0 atom stereocenters. The number of amides is 2. The van der Waals surface area contributed by atoms with Crippen molar-refractivity contribution < 1.29 is 32.2 Å². The molecule has 0 radical (unpaired) electrons. The number of hydrogen-bond donors (Lipinski definition) is 2. The third-order valence-corrected chi connectivity index (χ3v) is 5.43. The lowest BCUT2D eigenvalue weighted by molar-refractivity contribution is -0.137. The summed E-state index contributed by atoms with van der Waals surface area (Å²) in [5.74, 6) is -0.889. The largest absolute Gasteiger partial charge is 0.493 e. The van der Waals surface area contributed by atoms with E-state index in [1.165, 1.54) is 31.4 Å². The topological polar surface area (TPSA) is 100 Å². The molecule has 2 amide bonds. The van der Waals surface area contributed by atoms with Crippen molar-refractivity contribution in [1.29, 1.82) is 5.26 Å². The third-order valence-electron chi connectivity index (χ3n) is 5.10. The monoisotopic (exact) mass is 543 g/mol. The number of halogens is 4. The van der Waals surface area contributed by atoms with E-state index in [1.54, 1.807) is 18.2 Å². The average molecular weight is 544 g/mol. The molecule has 7 nitrogen and oxygen atoms in total. The molecule has 0 aromatic heterocycles. The summed E-state index contributed by atoms with van der Waals surface area (Å²) in [6.45, 7) is 1.63. The molecule has 0 aliphatic heterocycles. The van der Waals surface area contributed by atoms with Gasteiger partial charge in [0.25, 0.3) is 11.8 Å². The second kappa shape index (κ2) is 12.2. The van der Waals surface area contributed by atoms with Gasteiger partial charge in [-0.05, 0) is 61.0 Å². The third kappa shape index (κ3) is 7.51. The predicted octanol–water partition coefficient (Wildman–Crippen LogP) is 6.24. The second-order valence-corrected chi connectivity index (χ2v) is 8.34. The van der Waals surface area contributed by atoms with Gasteiger partial charge < -0.3 is 20.1 Å². The number of anilines is 2. The highest BCUT2D eigenvalue weighted by Gasteiger charge is 2.31. The molecule has 0 fully saturated rings. The molecule has 3 rings (SSSR count). The van der Waals surface area contributed by atoms with Crippen molar-refractivity contribution in [3.05, 3.63) is 87.9 Å². The summed E-state index contributed by atoms with van der Waals surface area (Å²) in [6.07, 6.45) is -3.42. The number of rotatable bonds is 8. The first kappa shape index (κ1) is 28.1. The Labute approximate surface area is 221 Å². The Morgan fingerprint density at radius 3 is 2.37 bits per heavy atom. The lowest BCUT2D eigenvalue weighted by Crippen LogP contribution is -2.20. The highest BCUT2D eigenvalue weighted by molar-refractivity contribution is 6.34.